The molecule has 3 unspecified atom stereocenters. The molecule has 3 nitrogen and oxygen atoms in total. The molecular weight excluding hydrogens is 422 g/mol. The zero-order chi connectivity index (χ0) is 23.7. The summed E-state index contributed by atoms with van der Waals surface area (Å²) in [4.78, 5) is 0. The SMILES string of the molecule is CC1(C)CC2(C)OC(C)(C)P(c3ccccc3CP(C(C)(C)C)C(C)(C)C)C(C)(O1)O2. The van der Waals surface area contributed by atoms with E-state index in [-0.39, 0.29) is 29.2 Å². The highest BCUT2D eigenvalue weighted by atomic mass is 31.1. The third-order valence-electron chi connectivity index (χ3n) is 6.21. The van der Waals surface area contributed by atoms with Gasteiger partial charge in [0.25, 0.3) is 0 Å². The maximum atomic E-state index is 6.73. The molecule has 1 aromatic rings. The Kier molecular flexibility index (Phi) is 6.39. The smallest absolute Gasteiger partial charge is 0.194 e. The number of rotatable bonds is 3. The fourth-order valence-electron chi connectivity index (χ4n) is 6.01. The van der Waals surface area contributed by atoms with Gasteiger partial charge < -0.3 is 14.2 Å². The third-order valence-corrected chi connectivity index (χ3v) is 13.2. The average Bonchev–Trinajstić information content (AvgIpc) is 2.46. The minimum Gasteiger partial charge on any atom is -0.340 e. The van der Waals surface area contributed by atoms with E-state index in [4.69, 9.17) is 14.2 Å². The largest absolute Gasteiger partial charge is 0.340 e. The summed E-state index contributed by atoms with van der Waals surface area (Å²) in [6, 6.07) is 8.97. The number of fused-ring (bicyclic) bond motifs is 2. The maximum Gasteiger partial charge on any atom is 0.194 e. The topological polar surface area (TPSA) is 27.7 Å². The van der Waals surface area contributed by atoms with Crippen LogP contribution in [0, 0.1) is 0 Å². The molecule has 0 amide bonds. The molecular formula is C26H44O3P2. The van der Waals surface area contributed by atoms with Gasteiger partial charge >= 0.3 is 0 Å². The normalized spacial score (nSPS) is 32.9. The minimum atomic E-state index is -0.901. The Balaban J connectivity index is 2.11. The van der Waals surface area contributed by atoms with Crippen LogP contribution in [-0.4, -0.2) is 32.6 Å². The highest BCUT2D eigenvalue weighted by Gasteiger charge is 2.63. The van der Waals surface area contributed by atoms with Crippen LogP contribution in [0.1, 0.15) is 95.1 Å². The van der Waals surface area contributed by atoms with E-state index in [1.165, 1.54) is 10.9 Å². The number of hydrogen-bond donors (Lipinski definition) is 0. The van der Waals surface area contributed by atoms with E-state index < -0.39 is 19.2 Å². The molecule has 0 aromatic heterocycles. The van der Waals surface area contributed by atoms with Crippen molar-refractivity contribution in [3.63, 3.8) is 0 Å². The van der Waals surface area contributed by atoms with E-state index in [1.807, 2.05) is 0 Å². The Morgan fingerprint density at radius 2 is 1.39 bits per heavy atom. The summed E-state index contributed by atoms with van der Waals surface area (Å²) in [5, 5.41) is 1.56. The van der Waals surface area contributed by atoms with Gasteiger partial charge in [0.2, 0.25) is 0 Å². The molecule has 0 saturated carbocycles. The molecule has 2 fully saturated rings. The first-order chi connectivity index (χ1) is 13.8. The van der Waals surface area contributed by atoms with Crippen LogP contribution >= 0.6 is 15.8 Å². The van der Waals surface area contributed by atoms with Crippen molar-refractivity contribution >= 4 is 21.1 Å². The lowest BCUT2D eigenvalue weighted by molar-refractivity contribution is -0.411. The van der Waals surface area contributed by atoms with E-state index in [1.54, 1.807) is 0 Å². The van der Waals surface area contributed by atoms with Crippen molar-refractivity contribution in [2.75, 3.05) is 0 Å². The van der Waals surface area contributed by atoms with Gasteiger partial charge in [0.1, 0.15) is 0 Å². The first-order valence-corrected chi connectivity index (χ1v) is 14.4. The third kappa shape index (κ3) is 5.22. The lowest BCUT2D eigenvalue weighted by Gasteiger charge is -2.62. The van der Waals surface area contributed by atoms with Crippen LogP contribution in [0.4, 0.5) is 0 Å². The van der Waals surface area contributed by atoms with E-state index in [2.05, 4.69) is 107 Å². The number of benzene rings is 1. The van der Waals surface area contributed by atoms with Crippen molar-refractivity contribution in [2.45, 2.75) is 128 Å². The lowest BCUT2D eigenvalue weighted by atomic mass is 9.97. The summed E-state index contributed by atoms with van der Waals surface area (Å²) in [7, 11) is -1.16. The maximum absolute atomic E-state index is 6.73. The zero-order valence-corrected chi connectivity index (χ0v) is 23.6. The molecule has 3 rings (SSSR count). The van der Waals surface area contributed by atoms with Crippen LogP contribution < -0.4 is 5.30 Å². The zero-order valence-electron chi connectivity index (χ0n) is 21.8. The van der Waals surface area contributed by atoms with Crippen molar-refractivity contribution in [3.05, 3.63) is 29.8 Å². The Labute approximate surface area is 193 Å². The van der Waals surface area contributed by atoms with Gasteiger partial charge in [0.05, 0.1) is 10.9 Å². The van der Waals surface area contributed by atoms with Crippen LogP contribution in [0.3, 0.4) is 0 Å². The Hall–Kier alpha value is -0.0400. The molecule has 5 heteroatoms. The van der Waals surface area contributed by atoms with Crippen LogP contribution in [-0.2, 0) is 20.4 Å². The van der Waals surface area contributed by atoms with Crippen molar-refractivity contribution < 1.29 is 14.2 Å². The molecule has 3 atom stereocenters. The standard InChI is InChI=1S/C26H44O3P2/c1-21(2,3)30(22(4,5)6)17-19-15-13-14-16-20(19)31-24(9,10)28-25(11)18-23(7,8)27-26(31,12)29-25/h13-16H,17-18H2,1-12H3. The molecule has 31 heavy (non-hydrogen) atoms. The van der Waals surface area contributed by atoms with Crippen molar-refractivity contribution in [1.82, 2.24) is 0 Å². The summed E-state index contributed by atoms with van der Waals surface area (Å²) < 4.78 is 20.1. The van der Waals surface area contributed by atoms with E-state index in [9.17, 15) is 0 Å². The Bertz CT molecular complexity index is 799. The first-order valence-electron chi connectivity index (χ1n) is 11.5. The van der Waals surface area contributed by atoms with E-state index in [0.29, 0.717) is 0 Å². The van der Waals surface area contributed by atoms with Crippen LogP contribution in [0.15, 0.2) is 24.3 Å². The molecule has 2 saturated heterocycles. The fourth-order valence-corrected chi connectivity index (χ4v) is 13.3. The molecule has 2 bridgehead atoms. The molecule has 1 aromatic carbocycles. The van der Waals surface area contributed by atoms with Gasteiger partial charge in [-0.25, -0.2) is 0 Å². The molecule has 2 heterocycles. The second-order valence-corrected chi connectivity index (χ2v) is 19.5. The van der Waals surface area contributed by atoms with Gasteiger partial charge in [-0.15, -0.1) is 0 Å². The summed E-state index contributed by atoms with van der Waals surface area (Å²) >= 11 is 0. The predicted octanol–water partition coefficient (Wildman–Crippen LogP) is 7.74. The molecule has 2 aliphatic heterocycles. The molecule has 2 aliphatic rings. The highest BCUT2D eigenvalue weighted by molar-refractivity contribution is 7.68. The summed E-state index contributed by atoms with van der Waals surface area (Å²) in [6.45, 7) is 27.4. The van der Waals surface area contributed by atoms with Gasteiger partial charge in [-0.2, -0.15) is 0 Å². The molecule has 0 N–H and O–H groups in total. The predicted molar refractivity (Wildman–Crippen MR) is 136 cm³/mol. The van der Waals surface area contributed by atoms with Crippen molar-refractivity contribution in [3.8, 4) is 0 Å². The Morgan fingerprint density at radius 3 is 1.94 bits per heavy atom. The second kappa shape index (κ2) is 7.74. The molecule has 0 spiro atoms. The quantitative estimate of drug-likeness (QED) is 0.426. The number of hydrogen-bond acceptors (Lipinski definition) is 3. The molecule has 0 radical (unpaired) electrons. The van der Waals surface area contributed by atoms with Crippen LogP contribution in [0.5, 0.6) is 0 Å². The average molecular weight is 467 g/mol. The summed E-state index contributed by atoms with van der Waals surface area (Å²) in [6.07, 6.45) is 1.83. The lowest BCUT2D eigenvalue weighted by Crippen LogP contribution is -2.64. The van der Waals surface area contributed by atoms with E-state index in [0.717, 1.165) is 12.6 Å². The van der Waals surface area contributed by atoms with Gasteiger partial charge in [-0.05, 0) is 68.9 Å². The van der Waals surface area contributed by atoms with E-state index >= 15 is 0 Å². The van der Waals surface area contributed by atoms with Gasteiger partial charge in [-0.3, -0.25) is 0 Å². The van der Waals surface area contributed by atoms with Gasteiger partial charge in [0, 0.05) is 14.3 Å². The molecule has 0 aliphatic carbocycles. The summed E-state index contributed by atoms with van der Waals surface area (Å²) in [5.41, 5.74) is 0.453. The van der Waals surface area contributed by atoms with Gasteiger partial charge in [0.15, 0.2) is 11.3 Å². The van der Waals surface area contributed by atoms with Crippen molar-refractivity contribution in [2.24, 2.45) is 0 Å². The van der Waals surface area contributed by atoms with Gasteiger partial charge in [-0.1, -0.05) is 73.7 Å². The first kappa shape index (κ1) is 25.6. The monoisotopic (exact) mass is 466 g/mol. The summed E-state index contributed by atoms with van der Waals surface area (Å²) in [5.74, 6) is -0.628. The fraction of sp³-hybridized carbons (Fsp3) is 0.769. The minimum absolute atomic E-state index is 0.258. The van der Waals surface area contributed by atoms with Crippen LogP contribution in [0.2, 0.25) is 0 Å². The van der Waals surface area contributed by atoms with Crippen LogP contribution in [0.25, 0.3) is 0 Å². The molecule has 176 valence electrons. The van der Waals surface area contributed by atoms with Crippen molar-refractivity contribution in [1.29, 1.82) is 0 Å². The Morgan fingerprint density at radius 1 is 0.839 bits per heavy atom. The highest BCUT2D eigenvalue weighted by Crippen LogP contribution is 2.70. The second-order valence-electron chi connectivity index (χ2n) is 12.6. The number of ether oxygens (including phenoxy) is 3.